The molecule has 1 aromatic carbocycles. The maximum absolute atomic E-state index is 13.1. The first-order chi connectivity index (χ1) is 16.5. The van der Waals surface area contributed by atoms with Crippen LogP contribution in [0.4, 0.5) is 5.82 Å². The first kappa shape index (κ1) is 21.8. The van der Waals surface area contributed by atoms with E-state index in [0.29, 0.717) is 11.0 Å². The summed E-state index contributed by atoms with van der Waals surface area (Å²) in [7, 11) is 0. The van der Waals surface area contributed by atoms with Crippen molar-refractivity contribution < 1.29 is 4.79 Å². The zero-order chi connectivity index (χ0) is 23.8. The number of nitrogen functional groups attached to an aromatic ring is 1. The van der Waals surface area contributed by atoms with Crippen molar-refractivity contribution in [3.8, 4) is 17.1 Å². The van der Waals surface area contributed by atoms with Crippen molar-refractivity contribution in [3.05, 3.63) is 80.8 Å². The molecule has 34 heavy (non-hydrogen) atoms. The average molecular weight is 476 g/mol. The van der Waals surface area contributed by atoms with Crippen LogP contribution in [0.1, 0.15) is 34.8 Å². The molecule has 0 amide bonds. The van der Waals surface area contributed by atoms with Gasteiger partial charge in [-0.1, -0.05) is 30.0 Å². The highest BCUT2D eigenvalue weighted by Gasteiger charge is 2.30. The topological polar surface area (TPSA) is 142 Å². The Morgan fingerprint density at radius 2 is 1.97 bits per heavy atom. The largest absolute Gasteiger partial charge is 0.384 e. The van der Waals surface area contributed by atoms with E-state index in [2.05, 4.69) is 20.2 Å². The van der Waals surface area contributed by atoms with Crippen LogP contribution >= 0.6 is 11.8 Å². The summed E-state index contributed by atoms with van der Waals surface area (Å²) in [6.45, 7) is 1.98. The molecule has 1 saturated carbocycles. The van der Waals surface area contributed by atoms with Gasteiger partial charge in [-0.2, -0.15) is 0 Å². The number of pyridine rings is 1. The third-order valence-corrected chi connectivity index (χ3v) is 6.54. The van der Waals surface area contributed by atoms with E-state index in [1.54, 1.807) is 12.4 Å². The van der Waals surface area contributed by atoms with E-state index in [0.717, 1.165) is 41.4 Å². The molecule has 4 aromatic rings. The Morgan fingerprint density at radius 3 is 2.68 bits per heavy atom. The number of rotatable bonds is 7. The van der Waals surface area contributed by atoms with Gasteiger partial charge in [0.1, 0.15) is 11.4 Å². The SMILES string of the molecule is Cc1ccccc1-n1c(SCC(=O)c2c(N)n(C3CC3)c(=O)[nH]c2=O)nnc1-c1cccnc1. The van der Waals surface area contributed by atoms with Gasteiger partial charge in [0, 0.05) is 24.0 Å². The third kappa shape index (κ3) is 3.94. The third-order valence-electron chi connectivity index (χ3n) is 5.61. The second kappa shape index (κ2) is 8.75. The minimum Gasteiger partial charge on any atom is -0.384 e. The maximum Gasteiger partial charge on any atom is 0.330 e. The first-order valence-corrected chi connectivity index (χ1v) is 11.7. The van der Waals surface area contributed by atoms with Crippen LogP contribution in [0.25, 0.3) is 17.1 Å². The molecule has 3 heterocycles. The molecular formula is C23H21N7O3S. The number of thioether (sulfide) groups is 1. The highest BCUT2D eigenvalue weighted by molar-refractivity contribution is 7.99. The molecule has 0 aliphatic heterocycles. The fraction of sp³-hybridized carbons (Fsp3) is 0.217. The van der Waals surface area contributed by atoms with Gasteiger partial charge in [-0.05, 0) is 43.5 Å². The number of hydrogen-bond acceptors (Lipinski definition) is 8. The van der Waals surface area contributed by atoms with Crippen molar-refractivity contribution in [3.63, 3.8) is 0 Å². The second-order valence-corrected chi connectivity index (χ2v) is 8.94. The Bertz CT molecular complexity index is 1500. The number of aromatic amines is 1. The molecule has 0 atom stereocenters. The predicted octanol–water partition coefficient (Wildman–Crippen LogP) is 2.38. The van der Waals surface area contributed by atoms with Gasteiger partial charge < -0.3 is 5.73 Å². The summed E-state index contributed by atoms with van der Waals surface area (Å²) in [6, 6.07) is 11.4. The van der Waals surface area contributed by atoms with Crippen LogP contribution in [0.15, 0.2) is 63.5 Å². The fourth-order valence-electron chi connectivity index (χ4n) is 3.81. The summed E-state index contributed by atoms with van der Waals surface area (Å²) in [6.07, 6.45) is 4.94. The lowest BCUT2D eigenvalue weighted by Gasteiger charge is -2.13. The number of nitrogens with one attached hydrogen (secondary N) is 1. The van der Waals surface area contributed by atoms with E-state index in [-0.39, 0.29) is 23.2 Å². The van der Waals surface area contributed by atoms with Crippen LogP contribution in [0.3, 0.4) is 0 Å². The molecule has 172 valence electrons. The number of aryl methyl sites for hydroxylation is 1. The molecule has 3 aromatic heterocycles. The Kier molecular flexibility index (Phi) is 5.62. The number of H-pyrrole nitrogens is 1. The van der Waals surface area contributed by atoms with Crippen molar-refractivity contribution in [1.82, 2.24) is 29.3 Å². The fourth-order valence-corrected chi connectivity index (χ4v) is 4.63. The lowest BCUT2D eigenvalue weighted by molar-refractivity contribution is 0.102. The quantitative estimate of drug-likeness (QED) is 0.306. The summed E-state index contributed by atoms with van der Waals surface area (Å²) >= 11 is 1.14. The van der Waals surface area contributed by atoms with E-state index in [1.165, 1.54) is 4.57 Å². The molecule has 1 aliphatic rings. The van der Waals surface area contributed by atoms with Crippen molar-refractivity contribution >= 4 is 23.4 Å². The molecule has 3 N–H and O–H groups in total. The van der Waals surface area contributed by atoms with Crippen LogP contribution in [0, 0.1) is 6.92 Å². The van der Waals surface area contributed by atoms with Gasteiger partial charge in [0.15, 0.2) is 16.8 Å². The number of Topliss-reactive ketones (excluding diaryl/α,β-unsaturated/α-hetero) is 1. The van der Waals surface area contributed by atoms with Gasteiger partial charge >= 0.3 is 5.69 Å². The molecule has 10 nitrogen and oxygen atoms in total. The molecule has 0 unspecified atom stereocenters. The summed E-state index contributed by atoms with van der Waals surface area (Å²) in [5.74, 6) is -0.0941. The molecule has 0 radical (unpaired) electrons. The number of carbonyl (C=O) groups excluding carboxylic acids is 1. The minimum atomic E-state index is -0.776. The lowest BCUT2D eigenvalue weighted by Crippen LogP contribution is -2.36. The van der Waals surface area contributed by atoms with E-state index >= 15 is 0 Å². The highest BCUT2D eigenvalue weighted by Crippen LogP contribution is 2.35. The number of anilines is 1. The molecule has 1 aliphatic carbocycles. The number of para-hydroxylation sites is 1. The Hall–Kier alpha value is -3.99. The Balaban J connectivity index is 1.51. The molecular weight excluding hydrogens is 454 g/mol. The van der Waals surface area contributed by atoms with Crippen LogP contribution in [0.2, 0.25) is 0 Å². The van der Waals surface area contributed by atoms with Crippen LogP contribution in [0.5, 0.6) is 0 Å². The molecule has 1 fully saturated rings. The van der Waals surface area contributed by atoms with Crippen LogP contribution in [-0.2, 0) is 0 Å². The lowest BCUT2D eigenvalue weighted by atomic mass is 10.2. The van der Waals surface area contributed by atoms with Gasteiger partial charge in [0.05, 0.1) is 11.4 Å². The van der Waals surface area contributed by atoms with Crippen molar-refractivity contribution in [2.75, 3.05) is 11.5 Å². The highest BCUT2D eigenvalue weighted by atomic mass is 32.2. The number of nitrogens with two attached hydrogens (primary N) is 1. The molecule has 11 heteroatoms. The smallest absolute Gasteiger partial charge is 0.330 e. The summed E-state index contributed by atoms with van der Waals surface area (Å²) < 4.78 is 3.17. The van der Waals surface area contributed by atoms with Crippen LogP contribution < -0.4 is 17.0 Å². The van der Waals surface area contributed by atoms with Crippen LogP contribution in [-0.4, -0.2) is 40.8 Å². The van der Waals surface area contributed by atoms with Gasteiger partial charge in [-0.3, -0.25) is 28.7 Å². The van der Waals surface area contributed by atoms with Gasteiger partial charge in [-0.25, -0.2) is 4.79 Å². The number of hydrogen-bond donors (Lipinski definition) is 2. The normalized spacial score (nSPS) is 13.2. The molecule has 0 bridgehead atoms. The van der Waals surface area contributed by atoms with E-state index in [9.17, 15) is 14.4 Å². The molecule has 0 spiro atoms. The monoisotopic (exact) mass is 475 g/mol. The van der Waals surface area contributed by atoms with Gasteiger partial charge in [-0.15, -0.1) is 10.2 Å². The summed E-state index contributed by atoms with van der Waals surface area (Å²) in [5.41, 5.74) is 7.16. The van der Waals surface area contributed by atoms with Crippen molar-refractivity contribution in [1.29, 1.82) is 0 Å². The average Bonchev–Trinajstić information content (AvgIpc) is 3.56. The number of aromatic nitrogens is 6. The standard InChI is InChI=1S/C23H21N7O3S/c1-13-5-2-3-7-16(13)30-20(14-6-4-10-25-11-14)27-28-23(30)34-12-17(31)18-19(24)29(15-8-9-15)22(33)26-21(18)32/h2-7,10-11,15H,8-9,12,24H2,1H3,(H,26,32,33). The van der Waals surface area contributed by atoms with E-state index in [4.69, 9.17) is 5.73 Å². The first-order valence-electron chi connectivity index (χ1n) is 10.7. The summed E-state index contributed by atoms with van der Waals surface area (Å²) in [5, 5.41) is 9.14. The van der Waals surface area contributed by atoms with Crippen molar-refractivity contribution in [2.24, 2.45) is 0 Å². The molecule has 0 saturated heterocycles. The zero-order valence-electron chi connectivity index (χ0n) is 18.3. The zero-order valence-corrected chi connectivity index (χ0v) is 19.1. The van der Waals surface area contributed by atoms with Crippen molar-refractivity contribution in [2.45, 2.75) is 31.0 Å². The predicted molar refractivity (Wildman–Crippen MR) is 128 cm³/mol. The number of carbonyl (C=O) groups is 1. The van der Waals surface area contributed by atoms with Gasteiger partial charge in [0.2, 0.25) is 0 Å². The second-order valence-electron chi connectivity index (χ2n) is 8.00. The Labute approximate surface area is 197 Å². The number of benzene rings is 1. The summed E-state index contributed by atoms with van der Waals surface area (Å²) in [4.78, 5) is 44.0. The van der Waals surface area contributed by atoms with E-state index < -0.39 is 17.0 Å². The number of ketones is 1. The Morgan fingerprint density at radius 1 is 1.18 bits per heavy atom. The number of nitrogens with zero attached hydrogens (tertiary/aromatic N) is 5. The van der Waals surface area contributed by atoms with Gasteiger partial charge in [0.25, 0.3) is 5.56 Å². The van der Waals surface area contributed by atoms with E-state index in [1.807, 2.05) is 47.9 Å². The maximum atomic E-state index is 13.1. The molecule has 5 rings (SSSR count). The minimum absolute atomic E-state index is 0.0743.